The van der Waals surface area contributed by atoms with Gasteiger partial charge in [0.05, 0.1) is 0 Å². The average molecular weight is 399 g/mol. The van der Waals surface area contributed by atoms with Crippen molar-refractivity contribution in [2.75, 3.05) is 23.3 Å². The summed E-state index contributed by atoms with van der Waals surface area (Å²) >= 11 is 7.24. The molecule has 0 radical (unpaired) electrons. The molecule has 1 aliphatic rings. The van der Waals surface area contributed by atoms with Gasteiger partial charge in [-0.2, -0.15) is 0 Å². The highest BCUT2D eigenvalue weighted by molar-refractivity contribution is 7.18. The van der Waals surface area contributed by atoms with Gasteiger partial charge in [-0.15, -0.1) is 10.2 Å². The third-order valence-electron chi connectivity index (χ3n) is 4.59. The number of nitrogens with one attached hydrogen (secondary N) is 1. The minimum absolute atomic E-state index is 0.181. The molecule has 0 atom stereocenters. The van der Waals surface area contributed by atoms with E-state index < -0.39 is 0 Å². The van der Waals surface area contributed by atoms with E-state index in [2.05, 4.69) is 20.4 Å². The molecule has 7 heteroatoms. The van der Waals surface area contributed by atoms with E-state index in [9.17, 15) is 4.79 Å². The van der Waals surface area contributed by atoms with Gasteiger partial charge in [-0.25, -0.2) is 0 Å². The standard InChI is InChI=1S/C20H19ClN4OS/c21-16-8-4-15(5-9-16)19-23-24-20(27-19)22-18(26)14-6-10-17(11-7-14)25-12-2-1-3-13-25/h4-11H,1-3,12-13H2,(H,22,24,26). The van der Waals surface area contributed by atoms with Crippen LogP contribution in [0.3, 0.4) is 0 Å². The summed E-state index contributed by atoms with van der Waals surface area (Å²) in [6.45, 7) is 2.17. The van der Waals surface area contributed by atoms with Gasteiger partial charge in [-0.1, -0.05) is 35.1 Å². The Morgan fingerprint density at radius 2 is 1.67 bits per heavy atom. The second-order valence-corrected chi connectivity index (χ2v) is 7.88. The van der Waals surface area contributed by atoms with Crippen LogP contribution in [0.25, 0.3) is 10.6 Å². The fraction of sp³-hybridized carbons (Fsp3) is 0.250. The van der Waals surface area contributed by atoms with E-state index in [1.54, 1.807) is 12.1 Å². The van der Waals surface area contributed by atoms with Gasteiger partial charge >= 0.3 is 0 Å². The number of hydrogen-bond acceptors (Lipinski definition) is 5. The number of hydrogen-bond donors (Lipinski definition) is 1. The fourth-order valence-electron chi connectivity index (χ4n) is 3.13. The number of carbonyl (C=O) groups is 1. The third kappa shape index (κ3) is 4.28. The van der Waals surface area contributed by atoms with E-state index in [4.69, 9.17) is 11.6 Å². The Bertz CT molecular complexity index is 918. The van der Waals surface area contributed by atoms with Crippen LogP contribution in [0.4, 0.5) is 10.8 Å². The molecule has 4 rings (SSSR count). The summed E-state index contributed by atoms with van der Waals surface area (Å²) in [7, 11) is 0. The quantitative estimate of drug-likeness (QED) is 0.664. The summed E-state index contributed by atoms with van der Waals surface area (Å²) in [5.74, 6) is -0.181. The molecule has 1 saturated heterocycles. The zero-order chi connectivity index (χ0) is 18.6. The van der Waals surface area contributed by atoms with Crippen molar-refractivity contribution < 1.29 is 4.79 Å². The lowest BCUT2D eigenvalue weighted by Crippen LogP contribution is -2.29. The summed E-state index contributed by atoms with van der Waals surface area (Å²) < 4.78 is 0. The van der Waals surface area contributed by atoms with Gasteiger partial charge < -0.3 is 4.90 Å². The van der Waals surface area contributed by atoms with Gasteiger partial charge in [-0.3, -0.25) is 10.1 Å². The Balaban J connectivity index is 1.42. The SMILES string of the molecule is O=C(Nc1nnc(-c2ccc(Cl)cc2)s1)c1ccc(N2CCCCC2)cc1. The fourth-order valence-corrected chi connectivity index (χ4v) is 4.00. The van der Waals surface area contributed by atoms with Crippen molar-refractivity contribution in [3.8, 4) is 10.6 Å². The number of piperidine rings is 1. The van der Waals surface area contributed by atoms with E-state index in [1.807, 2.05) is 36.4 Å². The highest BCUT2D eigenvalue weighted by atomic mass is 35.5. The molecule has 0 unspecified atom stereocenters. The van der Waals surface area contributed by atoms with E-state index in [-0.39, 0.29) is 5.91 Å². The largest absolute Gasteiger partial charge is 0.372 e. The van der Waals surface area contributed by atoms with Crippen LogP contribution in [0.2, 0.25) is 5.02 Å². The second kappa shape index (κ2) is 8.06. The summed E-state index contributed by atoms with van der Waals surface area (Å²) in [5, 5.41) is 12.9. The molecule has 5 nitrogen and oxygen atoms in total. The first-order chi connectivity index (χ1) is 13.2. The molecule has 0 spiro atoms. The maximum Gasteiger partial charge on any atom is 0.257 e. The predicted octanol–water partition coefficient (Wildman–Crippen LogP) is 5.10. The molecule has 0 saturated carbocycles. The van der Waals surface area contributed by atoms with E-state index >= 15 is 0 Å². The Hall–Kier alpha value is -2.44. The molecule has 138 valence electrons. The lowest BCUT2D eigenvalue weighted by Gasteiger charge is -2.28. The number of amides is 1. The molecule has 1 aromatic heterocycles. The summed E-state index contributed by atoms with van der Waals surface area (Å²) in [5.41, 5.74) is 2.70. The third-order valence-corrected chi connectivity index (χ3v) is 5.73. The van der Waals surface area contributed by atoms with Crippen LogP contribution in [-0.4, -0.2) is 29.2 Å². The Morgan fingerprint density at radius 1 is 0.963 bits per heavy atom. The summed E-state index contributed by atoms with van der Waals surface area (Å²) in [4.78, 5) is 14.9. The smallest absolute Gasteiger partial charge is 0.257 e. The Kier molecular flexibility index (Phi) is 5.36. The first-order valence-electron chi connectivity index (χ1n) is 8.95. The molecule has 2 aromatic carbocycles. The van der Waals surface area contributed by atoms with Crippen LogP contribution in [0.15, 0.2) is 48.5 Å². The molecule has 3 aromatic rings. The first kappa shape index (κ1) is 17.9. The number of benzene rings is 2. The monoisotopic (exact) mass is 398 g/mol. The molecular formula is C20H19ClN4OS. The van der Waals surface area contributed by atoms with Crippen LogP contribution < -0.4 is 10.2 Å². The van der Waals surface area contributed by atoms with Gasteiger partial charge in [0.2, 0.25) is 5.13 Å². The van der Waals surface area contributed by atoms with Crippen molar-refractivity contribution in [2.24, 2.45) is 0 Å². The van der Waals surface area contributed by atoms with Crippen molar-refractivity contribution in [3.05, 3.63) is 59.1 Å². The Morgan fingerprint density at radius 3 is 2.37 bits per heavy atom. The molecule has 27 heavy (non-hydrogen) atoms. The van der Waals surface area contributed by atoms with Crippen molar-refractivity contribution in [1.82, 2.24) is 10.2 Å². The lowest BCUT2D eigenvalue weighted by molar-refractivity contribution is 0.102. The predicted molar refractivity (Wildman–Crippen MR) is 111 cm³/mol. The van der Waals surface area contributed by atoms with Crippen molar-refractivity contribution in [1.29, 1.82) is 0 Å². The molecule has 1 aliphatic heterocycles. The number of halogens is 1. The first-order valence-corrected chi connectivity index (χ1v) is 10.1. The lowest BCUT2D eigenvalue weighted by atomic mass is 10.1. The van der Waals surface area contributed by atoms with Crippen LogP contribution >= 0.6 is 22.9 Å². The summed E-state index contributed by atoms with van der Waals surface area (Å²) in [6.07, 6.45) is 3.77. The minimum Gasteiger partial charge on any atom is -0.372 e. The van der Waals surface area contributed by atoms with Gasteiger partial charge in [-0.05, 0) is 55.7 Å². The molecule has 1 amide bonds. The van der Waals surface area contributed by atoms with Crippen molar-refractivity contribution in [2.45, 2.75) is 19.3 Å². The molecular weight excluding hydrogens is 380 g/mol. The molecule has 1 fully saturated rings. The second-order valence-electron chi connectivity index (χ2n) is 6.47. The number of nitrogens with zero attached hydrogens (tertiary/aromatic N) is 3. The van der Waals surface area contributed by atoms with Crippen molar-refractivity contribution in [3.63, 3.8) is 0 Å². The highest BCUT2D eigenvalue weighted by Crippen LogP contribution is 2.28. The molecule has 0 aliphatic carbocycles. The number of rotatable bonds is 4. The van der Waals surface area contributed by atoms with Crippen LogP contribution in [0.1, 0.15) is 29.6 Å². The maximum absolute atomic E-state index is 12.5. The van der Waals surface area contributed by atoms with Gasteiger partial charge in [0, 0.05) is 34.9 Å². The van der Waals surface area contributed by atoms with E-state index in [0.717, 1.165) is 23.7 Å². The molecule has 0 bridgehead atoms. The normalized spacial score (nSPS) is 14.2. The van der Waals surface area contributed by atoms with E-state index in [1.165, 1.54) is 36.3 Å². The maximum atomic E-state index is 12.5. The average Bonchev–Trinajstić information content (AvgIpc) is 3.18. The zero-order valence-corrected chi connectivity index (χ0v) is 16.3. The van der Waals surface area contributed by atoms with Crippen LogP contribution in [0.5, 0.6) is 0 Å². The highest BCUT2D eigenvalue weighted by Gasteiger charge is 2.14. The zero-order valence-electron chi connectivity index (χ0n) is 14.7. The minimum atomic E-state index is -0.181. The number of carbonyl (C=O) groups excluding carboxylic acids is 1. The van der Waals surface area contributed by atoms with E-state index in [0.29, 0.717) is 15.7 Å². The van der Waals surface area contributed by atoms with Crippen molar-refractivity contribution >= 4 is 39.7 Å². The topological polar surface area (TPSA) is 58.1 Å². The van der Waals surface area contributed by atoms with Gasteiger partial charge in [0.15, 0.2) is 0 Å². The summed E-state index contributed by atoms with van der Waals surface area (Å²) in [6, 6.07) is 15.1. The van der Waals surface area contributed by atoms with Gasteiger partial charge in [0.25, 0.3) is 5.91 Å². The Labute approximate surface area is 167 Å². The number of aromatic nitrogens is 2. The molecule has 1 N–H and O–H groups in total. The molecule has 2 heterocycles. The van der Waals surface area contributed by atoms with Crippen LogP contribution in [0, 0.1) is 0 Å². The number of anilines is 2. The van der Waals surface area contributed by atoms with Crippen LogP contribution in [-0.2, 0) is 0 Å². The van der Waals surface area contributed by atoms with Gasteiger partial charge in [0.1, 0.15) is 5.01 Å².